The average Bonchev–Trinajstić information content (AvgIpc) is 2.36. The van der Waals surface area contributed by atoms with Gasteiger partial charge in [-0.05, 0) is 13.0 Å². The first-order valence-corrected chi connectivity index (χ1v) is 3.27. The Kier molecular flexibility index (Phi) is 4.10. The fraction of sp³-hybridized carbons (Fsp3) is 0.429. The predicted octanol–water partition coefficient (Wildman–Crippen LogP) is 1.77. The maximum absolute atomic E-state index is 10.7. The molecular weight excluding hydrogens is 166 g/mol. The van der Waals surface area contributed by atoms with Gasteiger partial charge in [-0.1, -0.05) is 0 Å². The number of carbonyl (C=O) groups excluding carboxylic acids is 1. The van der Waals surface area contributed by atoms with E-state index in [4.69, 9.17) is 9.15 Å². The summed E-state index contributed by atoms with van der Waals surface area (Å²) in [5.41, 5.74) is 1.55. The first-order valence-electron chi connectivity index (χ1n) is 3.27. The molecule has 0 saturated carbocycles. The van der Waals surface area contributed by atoms with E-state index >= 15 is 0 Å². The second kappa shape index (κ2) is 4.58. The smallest absolute Gasteiger partial charge is 0.179 e. The lowest BCUT2D eigenvalue weighted by atomic mass is 10.3. The number of aryl methyl sites for hydroxylation is 2. The molecule has 3 nitrogen and oxygen atoms in total. The first-order chi connectivity index (χ1) is 5.61. The van der Waals surface area contributed by atoms with Crippen LogP contribution in [0.4, 0.5) is 9.15 Å². The number of hydrogen-bond donors (Lipinski definition) is 0. The number of Topliss-reactive ketones (excluding diaryl/α,β-unsaturated/α-hetero) is 1. The summed E-state index contributed by atoms with van der Waals surface area (Å²) >= 11 is 0. The number of hydrogen-bond acceptors (Lipinski definition) is 2. The van der Waals surface area contributed by atoms with E-state index in [1.807, 2.05) is 14.0 Å². The minimum absolute atomic E-state index is 0.0173. The number of ketones is 1. The Bertz CT molecular complexity index is 251. The maximum Gasteiger partial charge on any atom is 0.179 e. The number of rotatable bonds is 1. The molecule has 0 aliphatic carbocycles. The van der Waals surface area contributed by atoms with Gasteiger partial charge in [-0.15, -0.1) is 0 Å². The highest BCUT2D eigenvalue weighted by Gasteiger charge is 2.03. The minimum Gasteiger partial charge on any atom is -0.293 e. The Morgan fingerprint density at radius 3 is 2.25 bits per heavy atom. The minimum atomic E-state index is 0.0173. The summed E-state index contributed by atoms with van der Waals surface area (Å²) in [6.45, 7) is 3.43. The molecular formula is C7H10F2N2O. The van der Waals surface area contributed by atoms with Crippen LogP contribution in [0.5, 0.6) is 0 Å². The van der Waals surface area contributed by atoms with E-state index in [9.17, 15) is 4.79 Å². The molecule has 1 aromatic heterocycles. The normalized spacial score (nSPS) is 8.75. The van der Waals surface area contributed by atoms with Crippen molar-refractivity contribution in [3.8, 4) is 0 Å². The highest BCUT2D eigenvalue weighted by molar-refractivity contribution is 5.92. The summed E-state index contributed by atoms with van der Waals surface area (Å²) in [7, 11) is 1.82. The van der Waals surface area contributed by atoms with Crippen LogP contribution in [0.15, 0.2) is 6.07 Å². The quantitative estimate of drug-likeness (QED) is 0.611. The third-order valence-corrected chi connectivity index (χ3v) is 1.47. The molecule has 0 fully saturated rings. The fourth-order valence-electron chi connectivity index (χ4n) is 0.733. The van der Waals surface area contributed by atoms with Crippen LogP contribution >= 0.6 is 0 Å². The molecule has 0 N–H and O–H groups in total. The molecule has 12 heavy (non-hydrogen) atoms. The molecule has 1 aromatic rings. The number of carbonyl (C=O) groups is 1. The Balaban J connectivity index is 0.000000561. The molecule has 0 unspecified atom stereocenters. The molecule has 0 aromatic carbocycles. The van der Waals surface area contributed by atoms with Gasteiger partial charge in [0.05, 0.1) is 0 Å². The molecule has 0 aliphatic rings. The average molecular weight is 176 g/mol. The molecule has 5 heteroatoms. The lowest BCUT2D eigenvalue weighted by Gasteiger charge is -1.88. The summed E-state index contributed by atoms with van der Waals surface area (Å²) < 4.78 is 17.7. The molecule has 0 aliphatic heterocycles. The van der Waals surface area contributed by atoms with Crippen molar-refractivity contribution in [2.24, 2.45) is 7.05 Å². The summed E-state index contributed by atoms with van der Waals surface area (Å²) in [4.78, 5) is 10.7. The van der Waals surface area contributed by atoms with Crippen molar-refractivity contribution in [1.29, 1.82) is 0 Å². The molecule has 0 saturated heterocycles. The molecule has 0 spiro atoms. The Morgan fingerprint density at radius 2 is 2.08 bits per heavy atom. The van der Waals surface area contributed by atoms with Crippen LogP contribution in [0.1, 0.15) is 23.1 Å². The molecule has 1 rings (SSSR count). The fourth-order valence-corrected chi connectivity index (χ4v) is 0.733. The number of aromatic nitrogens is 2. The first kappa shape index (κ1) is 10.7. The highest BCUT2D eigenvalue weighted by Crippen LogP contribution is 2.00. The Hall–Kier alpha value is -1.26. The molecule has 0 bridgehead atoms. The summed E-state index contributed by atoms with van der Waals surface area (Å²) in [5.74, 6) is 0.0173. The summed E-state index contributed by atoms with van der Waals surface area (Å²) in [6, 6.07) is 1.78. The number of halogens is 2. The van der Waals surface area contributed by atoms with Gasteiger partial charge < -0.3 is 0 Å². The lowest BCUT2D eigenvalue weighted by molar-refractivity contribution is 0.101. The SMILES string of the molecule is CC(=O)c1cc(C)n(C)n1.FF. The third kappa shape index (κ3) is 2.41. The van der Waals surface area contributed by atoms with Gasteiger partial charge in [0.25, 0.3) is 0 Å². The van der Waals surface area contributed by atoms with E-state index in [0.717, 1.165) is 5.69 Å². The van der Waals surface area contributed by atoms with Crippen molar-refractivity contribution in [3.63, 3.8) is 0 Å². The zero-order chi connectivity index (χ0) is 9.72. The zero-order valence-corrected chi connectivity index (χ0v) is 7.14. The molecule has 0 radical (unpaired) electrons. The van der Waals surface area contributed by atoms with Crippen LogP contribution < -0.4 is 0 Å². The second-order valence-corrected chi connectivity index (χ2v) is 2.35. The largest absolute Gasteiger partial charge is 0.293 e. The van der Waals surface area contributed by atoms with Crippen molar-refractivity contribution in [2.45, 2.75) is 13.8 Å². The van der Waals surface area contributed by atoms with E-state index in [1.54, 1.807) is 10.7 Å². The lowest BCUT2D eigenvalue weighted by Crippen LogP contribution is -1.96. The van der Waals surface area contributed by atoms with E-state index < -0.39 is 0 Å². The third-order valence-electron chi connectivity index (χ3n) is 1.47. The van der Waals surface area contributed by atoms with Crippen LogP contribution in [-0.2, 0) is 7.05 Å². The summed E-state index contributed by atoms with van der Waals surface area (Å²) in [6.07, 6.45) is 0. The summed E-state index contributed by atoms with van der Waals surface area (Å²) in [5, 5.41) is 3.98. The van der Waals surface area contributed by atoms with Crippen LogP contribution in [0.25, 0.3) is 0 Å². The van der Waals surface area contributed by atoms with Crippen molar-refractivity contribution >= 4 is 5.78 Å². The van der Waals surface area contributed by atoms with E-state index in [1.165, 1.54) is 6.92 Å². The zero-order valence-electron chi connectivity index (χ0n) is 7.14. The van der Waals surface area contributed by atoms with Gasteiger partial charge in [0.1, 0.15) is 5.69 Å². The van der Waals surface area contributed by atoms with Gasteiger partial charge in [0, 0.05) is 28.8 Å². The molecule has 0 amide bonds. The van der Waals surface area contributed by atoms with Crippen molar-refractivity contribution < 1.29 is 13.9 Å². The van der Waals surface area contributed by atoms with E-state index in [2.05, 4.69) is 5.10 Å². The Labute approximate surface area is 68.9 Å². The van der Waals surface area contributed by atoms with Crippen molar-refractivity contribution in [3.05, 3.63) is 17.5 Å². The predicted molar refractivity (Wildman–Crippen MR) is 40.2 cm³/mol. The van der Waals surface area contributed by atoms with Gasteiger partial charge in [-0.25, -0.2) is 0 Å². The van der Waals surface area contributed by atoms with Crippen molar-refractivity contribution in [2.75, 3.05) is 0 Å². The molecule has 1 heterocycles. The second-order valence-electron chi connectivity index (χ2n) is 2.35. The maximum atomic E-state index is 10.7. The standard InChI is InChI=1S/C7H10N2O.F2/c1-5-4-7(6(2)10)8-9(5)3;1-2/h4H,1-3H3;. The number of nitrogens with zero attached hydrogens (tertiary/aromatic N) is 2. The molecule has 0 atom stereocenters. The van der Waals surface area contributed by atoms with E-state index in [-0.39, 0.29) is 5.78 Å². The monoisotopic (exact) mass is 176 g/mol. The van der Waals surface area contributed by atoms with Crippen LogP contribution in [-0.4, -0.2) is 15.6 Å². The van der Waals surface area contributed by atoms with Gasteiger partial charge in [-0.3, -0.25) is 9.48 Å². The van der Waals surface area contributed by atoms with E-state index in [0.29, 0.717) is 5.69 Å². The molecule has 68 valence electrons. The Morgan fingerprint density at radius 1 is 1.58 bits per heavy atom. The van der Waals surface area contributed by atoms with Crippen LogP contribution in [0.3, 0.4) is 0 Å². The van der Waals surface area contributed by atoms with Crippen LogP contribution in [0.2, 0.25) is 0 Å². The van der Waals surface area contributed by atoms with Gasteiger partial charge in [0.2, 0.25) is 0 Å². The van der Waals surface area contributed by atoms with Gasteiger partial charge in [0.15, 0.2) is 5.78 Å². The highest BCUT2D eigenvalue weighted by atomic mass is 20.0. The van der Waals surface area contributed by atoms with Gasteiger partial charge in [-0.2, -0.15) is 5.10 Å². The van der Waals surface area contributed by atoms with Gasteiger partial charge >= 0.3 is 0 Å². The topological polar surface area (TPSA) is 34.9 Å². The van der Waals surface area contributed by atoms with Crippen LogP contribution in [0, 0.1) is 6.92 Å². The van der Waals surface area contributed by atoms with Crippen molar-refractivity contribution in [1.82, 2.24) is 9.78 Å².